The largest absolute Gasteiger partial charge is 0.479 e. The molecule has 7 heteroatoms. The van der Waals surface area contributed by atoms with Gasteiger partial charge in [-0.3, -0.25) is 4.79 Å². The van der Waals surface area contributed by atoms with Gasteiger partial charge in [-0.25, -0.2) is 4.79 Å². The van der Waals surface area contributed by atoms with Gasteiger partial charge in [-0.05, 0) is 24.3 Å². The number of nitrogens with one attached hydrogen (secondary N) is 1. The summed E-state index contributed by atoms with van der Waals surface area (Å²) in [6.45, 7) is 0.446. The number of hydrogen-bond donors (Lipinski definition) is 3. The molecule has 0 unspecified atom stereocenters. The van der Waals surface area contributed by atoms with Gasteiger partial charge in [0.05, 0.1) is 0 Å². The van der Waals surface area contributed by atoms with Gasteiger partial charge in [0, 0.05) is 41.3 Å². The van der Waals surface area contributed by atoms with Crippen LogP contribution < -0.4 is 0 Å². The van der Waals surface area contributed by atoms with Crippen molar-refractivity contribution >= 4 is 38.7 Å². The van der Waals surface area contributed by atoms with Crippen LogP contribution >= 0.6 is 15.9 Å². The first-order valence-corrected chi connectivity index (χ1v) is 7.72. The lowest BCUT2D eigenvalue weighted by molar-refractivity contribution is -0.162. The number of amides is 1. The van der Waals surface area contributed by atoms with Gasteiger partial charge in [-0.1, -0.05) is 15.9 Å². The summed E-state index contributed by atoms with van der Waals surface area (Å²) in [5.41, 5.74) is -0.387. The highest BCUT2D eigenvalue weighted by Crippen LogP contribution is 2.25. The molecule has 1 aromatic heterocycles. The number of carboxylic acid groups (broad SMARTS) is 1. The van der Waals surface area contributed by atoms with Crippen molar-refractivity contribution in [3.63, 3.8) is 0 Å². The van der Waals surface area contributed by atoms with Crippen LogP contribution in [-0.4, -0.2) is 50.7 Å². The van der Waals surface area contributed by atoms with E-state index in [9.17, 15) is 14.7 Å². The van der Waals surface area contributed by atoms with Gasteiger partial charge in [-0.15, -0.1) is 0 Å². The van der Waals surface area contributed by atoms with Crippen molar-refractivity contribution in [1.82, 2.24) is 9.88 Å². The number of piperidine rings is 1. The van der Waals surface area contributed by atoms with E-state index >= 15 is 0 Å². The van der Waals surface area contributed by atoms with Gasteiger partial charge in [0.2, 0.25) is 0 Å². The van der Waals surface area contributed by atoms with Crippen molar-refractivity contribution in [3.05, 3.63) is 34.4 Å². The monoisotopic (exact) mass is 366 g/mol. The van der Waals surface area contributed by atoms with Crippen molar-refractivity contribution in [2.24, 2.45) is 0 Å². The van der Waals surface area contributed by atoms with Gasteiger partial charge < -0.3 is 20.1 Å². The number of H-pyrrole nitrogens is 1. The van der Waals surface area contributed by atoms with Crippen LogP contribution in [0.1, 0.15) is 23.3 Å². The second kappa shape index (κ2) is 5.40. The molecule has 0 atom stereocenters. The molecule has 1 amide bonds. The molecule has 0 spiro atoms. The molecule has 2 heterocycles. The lowest BCUT2D eigenvalue weighted by Crippen LogP contribution is -2.50. The maximum Gasteiger partial charge on any atom is 0.335 e. The lowest BCUT2D eigenvalue weighted by atomic mass is 9.91. The van der Waals surface area contributed by atoms with Crippen molar-refractivity contribution < 1.29 is 19.8 Å². The third-order valence-corrected chi connectivity index (χ3v) is 4.58. The highest BCUT2D eigenvalue weighted by atomic mass is 79.9. The molecule has 1 saturated heterocycles. The Morgan fingerprint density at radius 1 is 1.23 bits per heavy atom. The molecule has 0 saturated carbocycles. The van der Waals surface area contributed by atoms with Crippen LogP contribution in [0.2, 0.25) is 0 Å². The molecule has 6 nitrogen and oxygen atoms in total. The topological polar surface area (TPSA) is 93.6 Å². The molecule has 1 aliphatic rings. The van der Waals surface area contributed by atoms with E-state index in [1.54, 1.807) is 11.0 Å². The van der Waals surface area contributed by atoms with E-state index in [1.165, 1.54) is 0 Å². The van der Waals surface area contributed by atoms with E-state index in [2.05, 4.69) is 20.9 Å². The maximum atomic E-state index is 12.5. The number of likely N-dealkylation sites (tertiary alicyclic amines) is 1. The van der Waals surface area contributed by atoms with Crippen LogP contribution in [-0.2, 0) is 4.79 Å². The van der Waals surface area contributed by atoms with Crippen LogP contribution in [0.3, 0.4) is 0 Å². The highest BCUT2D eigenvalue weighted by molar-refractivity contribution is 9.10. The number of aromatic amines is 1. The van der Waals surface area contributed by atoms with Crippen molar-refractivity contribution in [1.29, 1.82) is 0 Å². The molecule has 0 bridgehead atoms. The minimum absolute atomic E-state index is 0.0415. The zero-order chi connectivity index (χ0) is 15.9. The number of carboxylic acids is 1. The number of aliphatic carboxylic acids is 1. The third kappa shape index (κ3) is 2.62. The summed E-state index contributed by atoms with van der Waals surface area (Å²) in [6, 6.07) is 7.47. The summed E-state index contributed by atoms with van der Waals surface area (Å²) < 4.78 is 0.933. The standard InChI is InChI=1S/C15H15BrN2O4/c16-10-1-2-11-9(7-10)8-12(17-11)13(19)18-5-3-15(22,4-6-18)14(20)21/h1-2,7-8,17,22H,3-6H2,(H,20,21). The molecular weight excluding hydrogens is 352 g/mol. The van der Waals surface area contributed by atoms with E-state index in [0.717, 1.165) is 15.4 Å². The average Bonchev–Trinajstić information content (AvgIpc) is 2.90. The Labute approximate surface area is 134 Å². The highest BCUT2D eigenvalue weighted by Gasteiger charge is 2.40. The summed E-state index contributed by atoms with van der Waals surface area (Å²) in [5.74, 6) is -1.41. The van der Waals surface area contributed by atoms with Crippen LogP contribution in [0.5, 0.6) is 0 Å². The fourth-order valence-corrected chi connectivity index (χ4v) is 3.06. The minimum Gasteiger partial charge on any atom is -0.479 e. The van der Waals surface area contributed by atoms with Gasteiger partial charge in [0.25, 0.3) is 5.91 Å². The second-order valence-corrected chi connectivity index (χ2v) is 6.46. The summed E-state index contributed by atoms with van der Waals surface area (Å²) in [4.78, 5) is 28.1. The SMILES string of the molecule is O=C(c1cc2cc(Br)ccc2[nH]1)N1CCC(O)(C(=O)O)CC1. The van der Waals surface area contributed by atoms with E-state index in [0.29, 0.717) is 5.69 Å². The Balaban J connectivity index is 1.78. The van der Waals surface area contributed by atoms with E-state index in [1.807, 2.05) is 18.2 Å². The Morgan fingerprint density at radius 2 is 1.91 bits per heavy atom. The van der Waals surface area contributed by atoms with E-state index < -0.39 is 11.6 Å². The van der Waals surface area contributed by atoms with E-state index in [-0.39, 0.29) is 31.8 Å². The van der Waals surface area contributed by atoms with Crippen LogP contribution in [0.4, 0.5) is 0 Å². The number of fused-ring (bicyclic) bond motifs is 1. The Hall–Kier alpha value is -1.86. The normalized spacial score (nSPS) is 17.6. The first-order chi connectivity index (χ1) is 10.4. The molecule has 0 radical (unpaired) electrons. The van der Waals surface area contributed by atoms with Crippen molar-refractivity contribution in [3.8, 4) is 0 Å². The first-order valence-electron chi connectivity index (χ1n) is 6.92. The molecule has 1 aromatic carbocycles. The smallest absolute Gasteiger partial charge is 0.335 e. The van der Waals surface area contributed by atoms with E-state index in [4.69, 9.17) is 5.11 Å². The zero-order valence-corrected chi connectivity index (χ0v) is 13.3. The summed E-state index contributed by atoms with van der Waals surface area (Å²) in [5, 5.41) is 19.8. The number of aliphatic hydroxyl groups is 1. The molecule has 116 valence electrons. The zero-order valence-electron chi connectivity index (χ0n) is 11.7. The number of hydrogen-bond acceptors (Lipinski definition) is 3. The molecule has 3 N–H and O–H groups in total. The van der Waals surface area contributed by atoms with Crippen molar-refractivity contribution in [2.45, 2.75) is 18.4 Å². The molecular formula is C15H15BrN2O4. The maximum absolute atomic E-state index is 12.5. The fraction of sp³-hybridized carbons (Fsp3) is 0.333. The summed E-state index contributed by atoms with van der Waals surface area (Å²) in [7, 11) is 0. The fourth-order valence-electron chi connectivity index (χ4n) is 2.68. The van der Waals surface area contributed by atoms with Crippen LogP contribution in [0, 0.1) is 0 Å². The number of nitrogens with zero attached hydrogens (tertiary/aromatic N) is 1. The third-order valence-electron chi connectivity index (χ3n) is 4.09. The quantitative estimate of drug-likeness (QED) is 0.757. The Bertz CT molecular complexity index is 747. The van der Waals surface area contributed by atoms with Gasteiger partial charge in [-0.2, -0.15) is 0 Å². The molecule has 22 heavy (non-hydrogen) atoms. The molecule has 0 aliphatic carbocycles. The number of carbonyl (C=O) groups is 2. The second-order valence-electron chi connectivity index (χ2n) is 5.54. The van der Waals surface area contributed by atoms with Gasteiger partial charge >= 0.3 is 5.97 Å². The Morgan fingerprint density at radius 3 is 2.55 bits per heavy atom. The molecule has 1 aliphatic heterocycles. The van der Waals surface area contributed by atoms with Crippen molar-refractivity contribution in [2.75, 3.05) is 13.1 Å². The predicted molar refractivity (Wildman–Crippen MR) is 83.7 cm³/mol. The number of aromatic nitrogens is 1. The number of rotatable bonds is 2. The Kier molecular flexibility index (Phi) is 3.70. The molecule has 3 rings (SSSR count). The summed E-state index contributed by atoms with van der Waals surface area (Å²) in [6.07, 6.45) is 0.0830. The minimum atomic E-state index is -1.72. The van der Waals surface area contributed by atoms with Gasteiger partial charge in [0.1, 0.15) is 5.69 Å². The molecule has 1 fully saturated rings. The predicted octanol–water partition coefficient (Wildman–Crippen LogP) is 1.98. The van der Waals surface area contributed by atoms with Crippen LogP contribution in [0.25, 0.3) is 10.9 Å². The number of halogens is 1. The van der Waals surface area contributed by atoms with Crippen LogP contribution in [0.15, 0.2) is 28.7 Å². The van der Waals surface area contributed by atoms with Gasteiger partial charge in [0.15, 0.2) is 5.60 Å². The summed E-state index contributed by atoms with van der Waals surface area (Å²) >= 11 is 3.39. The number of carbonyl (C=O) groups excluding carboxylic acids is 1. The first kappa shape index (κ1) is 15.1. The molecule has 2 aromatic rings. The average molecular weight is 367 g/mol. The number of benzene rings is 1. The lowest BCUT2D eigenvalue weighted by Gasteiger charge is -2.35.